The van der Waals surface area contributed by atoms with Crippen LogP contribution in [0.2, 0.25) is 0 Å². The molecule has 24 heavy (non-hydrogen) atoms. The minimum Gasteiger partial charge on any atom is -0.510 e. The van der Waals surface area contributed by atoms with Gasteiger partial charge in [0.05, 0.1) is 30.5 Å². The standard InChI is InChI=1S/C18H21N3O2S/c1-3-13(9-22)21-8-15(23)16(17(21)19)18-20-14(10-24-18)12-6-4-11(2)5-7-12/h4-7,10,13,19,22-23H,3,8-9H2,1-2H3. The van der Waals surface area contributed by atoms with Crippen molar-refractivity contribution in [1.29, 1.82) is 5.41 Å². The van der Waals surface area contributed by atoms with Gasteiger partial charge in [0.25, 0.3) is 0 Å². The van der Waals surface area contributed by atoms with E-state index in [0.717, 1.165) is 11.3 Å². The van der Waals surface area contributed by atoms with Crippen LogP contribution in [0, 0.1) is 12.3 Å². The molecule has 3 N–H and O–H groups in total. The molecular weight excluding hydrogens is 322 g/mol. The van der Waals surface area contributed by atoms with E-state index in [2.05, 4.69) is 4.98 Å². The number of nitrogens with zero attached hydrogens (tertiary/aromatic N) is 2. The fraction of sp³-hybridized carbons (Fsp3) is 0.333. The predicted octanol–water partition coefficient (Wildman–Crippen LogP) is 3.45. The minimum atomic E-state index is -0.159. The van der Waals surface area contributed by atoms with Crippen molar-refractivity contribution in [1.82, 2.24) is 9.88 Å². The first kappa shape index (κ1) is 16.7. The smallest absolute Gasteiger partial charge is 0.135 e. The molecule has 0 amide bonds. The van der Waals surface area contributed by atoms with Crippen LogP contribution >= 0.6 is 11.3 Å². The Balaban J connectivity index is 1.88. The van der Waals surface area contributed by atoms with Crippen LogP contribution in [-0.2, 0) is 0 Å². The molecule has 1 aromatic carbocycles. The van der Waals surface area contributed by atoms with Crippen LogP contribution in [0.4, 0.5) is 0 Å². The van der Waals surface area contributed by atoms with Crippen molar-refractivity contribution >= 4 is 22.7 Å². The van der Waals surface area contributed by atoms with Gasteiger partial charge in [-0.25, -0.2) is 4.98 Å². The topological polar surface area (TPSA) is 80.4 Å². The third-order valence-corrected chi connectivity index (χ3v) is 5.18. The maximum absolute atomic E-state index is 10.3. The van der Waals surface area contributed by atoms with Gasteiger partial charge in [-0.15, -0.1) is 11.3 Å². The third kappa shape index (κ3) is 2.95. The van der Waals surface area contributed by atoms with E-state index in [9.17, 15) is 10.2 Å². The molecule has 0 spiro atoms. The molecule has 2 aromatic rings. The van der Waals surface area contributed by atoms with Crippen LogP contribution in [0.3, 0.4) is 0 Å². The van der Waals surface area contributed by atoms with Gasteiger partial charge in [0.1, 0.15) is 16.6 Å². The Morgan fingerprint density at radius 2 is 2.04 bits per heavy atom. The second-order valence-electron chi connectivity index (χ2n) is 5.95. The first-order valence-corrected chi connectivity index (χ1v) is 8.84. The van der Waals surface area contributed by atoms with Crippen molar-refractivity contribution in [2.24, 2.45) is 0 Å². The molecule has 3 rings (SSSR count). The molecular formula is C18H21N3O2S. The van der Waals surface area contributed by atoms with Crippen molar-refractivity contribution < 1.29 is 10.2 Å². The molecule has 1 unspecified atom stereocenters. The summed E-state index contributed by atoms with van der Waals surface area (Å²) in [6, 6.07) is 7.96. The lowest BCUT2D eigenvalue weighted by Crippen LogP contribution is -2.39. The summed E-state index contributed by atoms with van der Waals surface area (Å²) in [7, 11) is 0. The highest BCUT2D eigenvalue weighted by Crippen LogP contribution is 2.33. The summed E-state index contributed by atoms with van der Waals surface area (Å²) >= 11 is 1.42. The quantitative estimate of drug-likeness (QED) is 0.777. The van der Waals surface area contributed by atoms with E-state index in [0.29, 0.717) is 17.0 Å². The number of aliphatic hydroxyl groups excluding tert-OH is 2. The lowest BCUT2D eigenvalue weighted by molar-refractivity contribution is 0.177. The first-order chi connectivity index (χ1) is 11.5. The summed E-state index contributed by atoms with van der Waals surface area (Å²) in [5.74, 6) is 0.384. The molecule has 1 aromatic heterocycles. The zero-order valence-corrected chi connectivity index (χ0v) is 14.6. The van der Waals surface area contributed by atoms with E-state index in [4.69, 9.17) is 5.41 Å². The Morgan fingerprint density at radius 1 is 1.33 bits per heavy atom. The molecule has 0 saturated heterocycles. The summed E-state index contributed by atoms with van der Waals surface area (Å²) in [4.78, 5) is 6.34. The van der Waals surface area contributed by atoms with E-state index in [1.807, 2.05) is 43.5 Å². The molecule has 1 aliphatic rings. The Kier molecular flexibility index (Phi) is 4.69. The van der Waals surface area contributed by atoms with Crippen molar-refractivity contribution in [3.63, 3.8) is 0 Å². The van der Waals surface area contributed by atoms with Crippen LogP contribution in [0.15, 0.2) is 35.4 Å². The van der Waals surface area contributed by atoms with E-state index >= 15 is 0 Å². The summed E-state index contributed by atoms with van der Waals surface area (Å²) in [5.41, 5.74) is 3.53. The molecule has 1 atom stereocenters. The largest absolute Gasteiger partial charge is 0.510 e. The lowest BCUT2D eigenvalue weighted by Gasteiger charge is -2.26. The number of aliphatic hydroxyl groups is 2. The minimum absolute atomic E-state index is 0.0358. The van der Waals surface area contributed by atoms with Crippen molar-refractivity contribution in [2.45, 2.75) is 26.3 Å². The SMILES string of the molecule is CCC(CO)N1CC(O)=C(c2nc(-c3ccc(C)cc3)cs2)C1=N. The van der Waals surface area contributed by atoms with Gasteiger partial charge in [-0.05, 0) is 13.3 Å². The van der Waals surface area contributed by atoms with Crippen molar-refractivity contribution in [2.75, 3.05) is 13.2 Å². The second-order valence-corrected chi connectivity index (χ2v) is 6.80. The lowest BCUT2D eigenvalue weighted by atomic mass is 10.1. The highest BCUT2D eigenvalue weighted by Gasteiger charge is 2.33. The number of amidine groups is 1. The third-order valence-electron chi connectivity index (χ3n) is 4.32. The average molecular weight is 343 g/mol. The number of hydrogen-bond acceptors (Lipinski definition) is 5. The van der Waals surface area contributed by atoms with Crippen molar-refractivity contribution in [3.8, 4) is 11.3 Å². The van der Waals surface area contributed by atoms with Gasteiger partial charge >= 0.3 is 0 Å². The fourth-order valence-corrected chi connectivity index (χ4v) is 3.73. The van der Waals surface area contributed by atoms with Crippen LogP contribution in [0.1, 0.15) is 23.9 Å². The molecule has 5 nitrogen and oxygen atoms in total. The maximum atomic E-state index is 10.3. The van der Waals surface area contributed by atoms with Gasteiger partial charge in [0.2, 0.25) is 0 Å². The number of thiazole rings is 1. The monoisotopic (exact) mass is 343 g/mol. The summed E-state index contributed by atoms with van der Waals surface area (Å²) in [6.07, 6.45) is 0.714. The molecule has 0 bridgehead atoms. The summed E-state index contributed by atoms with van der Waals surface area (Å²) in [5, 5.41) is 30.8. The van der Waals surface area contributed by atoms with Crippen LogP contribution < -0.4 is 0 Å². The number of benzene rings is 1. The van der Waals surface area contributed by atoms with Gasteiger partial charge in [0.15, 0.2) is 0 Å². The van der Waals surface area contributed by atoms with Gasteiger partial charge in [-0.3, -0.25) is 5.41 Å². The first-order valence-electron chi connectivity index (χ1n) is 7.96. The fourth-order valence-electron chi connectivity index (χ4n) is 2.83. The van der Waals surface area contributed by atoms with E-state index < -0.39 is 0 Å². The number of aromatic nitrogens is 1. The van der Waals surface area contributed by atoms with E-state index in [1.54, 1.807) is 4.90 Å². The van der Waals surface area contributed by atoms with E-state index in [-0.39, 0.29) is 30.8 Å². The number of aryl methyl sites for hydroxylation is 1. The van der Waals surface area contributed by atoms with E-state index in [1.165, 1.54) is 16.9 Å². The summed E-state index contributed by atoms with van der Waals surface area (Å²) < 4.78 is 0. The normalized spacial score (nSPS) is 16.1. The highest BCUT2D eigenvalue weighted by atomic mass is 32.1. The Labute approximate surface area is 145 Å². The molecule has 0 aliphatic carbocycles. The number of hydrogen-bond donors (Lipinski definition) is 3. The highest BCUT2D eigenvalue weighted by molar-refractivity contribution is 7.11. The molecule has 1 aliphatic heterocycles. The molecule has 0 saturated carbocycles. The molecule has 126 valence electrons. The summed E-state index contributed by atoms with van der Waals surface area (Å²) in [6.45, 7) is 4.22. The van der Waals surface area contributed by atoms with Gasteiger partial charge < -0.3 is 15.1 Å². The predicted molar refractivity (Wildman–Crippen MR) is 97.4 cm³/mol. The number of nitrogens with one attached hydrogen (secondary N) is 1. The van der Waals surface area contributed by atoms with Gasteiger partial charge in [-0.1, -0.05) is 36.8 Å². The Morgan fingerprint density at radius 3 is 2.67 bits per heavy atom. The number of rotatable bonds is 5. The molecule has 6 heteroatoms. The zero-order chi connectivity index (χ0) is 17.3. The Bertz CT molecular complexity index is 776. The van der Waals surface area contributed by atoms with Crippen LogP contribution in [0.25, 0.3) is 16.8 Å². The molecule has 2 heterocycles. The zero-order valence-electron chi connectivity index (χ0n) is 13.8. The van der Waals surface area contributed by atoms with Gasteiger partial charge in [-0.2, -0.15) is 0 Å². The van der Waals surface area contributed by atoms with Crippen LogP contribution in [-0.4, -0.2) is 45.1 Å². The Hall–Kier alpha value is -2.18. The molecule has 0 radical (unpaired) electrons. The van der Waals surface area contributed by atoms with Crippen LogP contribution in [0.5, 0.6) is 0 Å². The second kappa shape index (κ2) is 6.75. The average Bonchev–Trinajstić information content (AvgIpc) is 3.15. The van der Waals surface area contributed by atoms with Crippen molar-refractivity contribution in [3.05, 3.63) is 46.0 Å². The van der Waals surface area contributed by atoms with Gasteiger partial charge in [0, 0.05) is 10.9 Å². The maximum Gasteiger partial charge on any atom is 0.135 e. The molecule has 0 fully saturated rings.